The van der Waals surface area contributed by atoms with Crippen molar-refractivity contribution in [3.05, 3.63) is 29.3 Å². The molecular weight excluding hydrogens is 340 g/mol. The van der Waals surface area contributed by atoms with E-state index < -0.39 is 11.7 Å². The normalized spacial score (nSPS) is 28.1. The molecule has 1 aliphatic heterocycles. The van der Waals surface area contributed by atoms with Gasteiger partial charge in [-0.3, -0.25) is 4.79 Å². The first-order valence-corrected chi connectivity index (χ1v) is 10.2. The van der Waals surface area contributed by atoms with E-state index in [2.05, 4.69) is 36.6 Å². The predicted molar refractivity (Wildman–Crippen MR) is 107 cm³/mol. The van der Waals surface area contributed by atoms with E-state index in [-0.39, 0.29) is 11.9 Å². The minimum atomic E-state index is -1.01. The highest BCUT2D eigenvalue weighted by Crippen LogP contribution is 2.34. The number of aliphatic hydroxyl groups is 1. The van der Waals surface area contributed by atoms with Crippen molar-refractivity contribution in [2.24, 2.45) is 11.8 Å². The molecule has 1 aromatic carbocycles. The first-order chi connectivity index (χ1) is 12.7. The van der Waals surface area contributed by atoms with Gasteiger partial charge in [-0.05, 0) is 81.6 Å². The Morgan fingerprint density at radius 1 is 1.26 bits per heavy atom. The molecule has 150 valence electrons. The van der Waals surface area contributed by atoms with Crippen LogP contribution in [0.15, 0.2) is 18.2 Å². The van der Waals surface area contributed by atoms with E-state index in [0.29, 0.717) is 17.8 Å². The molecule has 1 aliphatic carbocycles. The van der Waals surface area contributed by atoms with Crippen LogP contribution in [0.4, 0.5) is 0 Å². The lowest BCUT2D eigenvalue weighted by Crippen LogP contribution is -2.55. The molecule has 27 heavy (non-hydrogen) atoms. The fourth-order valence-electron chi connectivity index (χ4n) is 4.32. The van der Waals surface area contributed by atoms with E-state index in [1.54, 1.807) is 13.8 Å². The van der Waals surface area contributed by atoms with Gasteiger partial charge in [-0.2, -0.15) is 0 Å². The number of carbonyl (C=O) groups excluding carboxylic acids is 1. The van der Waals surface area contributed by atoms with Gasteiger partial charge in [0.2, 0.25) is 0 Å². The summed E-state index contributed by atoms with van der Waals surface area (Å²) in [6, 6.07) is 5.93. The smallest absolute Gasteiger partial charge is 0.263 e. The topological polar surface area (TPSA) is 70.6 Å². The molecule has 0 radical (unpaired) electrons. The van der Waals surface area contributed by atoms with Crippen molar-refractivity contribution < 1.29 is 14.6 Å². The SMILES string of the molecule is Cc1ccc(C(C)C)c(OC(C)(C)C(=O)N[C@H]2C[C@H]3CNC[C@H]3C[C@@H]2O)c1. The molecule has 2 fully saturated rings. The molecule has 0 bridgehead atoms. The zero-order valence-electron chi connectivity index (χ0n) is 17.2. The zero-order valence-corrected chi connectivity index (χ0v) is 17.2. The number of fused-ring (bicyclic) bond motifs is 1. The van der Waals surface area contributed by atoms with Gasteiger partial charge >= 0.3 is 0 Å². The zero-order chi connectivity index (χ0) is 19.8. The van der Waals surface area contributed by atoms with Gasteiger partial charge in [0.15, 0.2) is 5.60 Å². The number of aliphatic hydroxyl groups excluding tert-OH is 1. The maximum atomic E-state index is 13.0. The van der Waals surface area contributed by atoms with Crippen molar-refractivity contribution in [3.63, 3.8) is 0 Å². The molecule has 0 unspecified atom stereocenters. The van der Waals surface area contributed by atoms with E-state index >= 15 is 0 Å². The van der Waals surface area contributed by atoms with Crippen LogP contribution < -0.4 is 15.4 Å². The largest absolute Gasteiger partial charge is 0.478 e. The standard InChI is InChI=1S/C22H34N2O3/c1-13(2)17-7-6-14(3)8-20(17)27-22(4,5)21(26)24-18-9-15-11-23-12-16(15)10-19(18)25/h6-8,13,15-16,18-19,23,25H,9-12H2,1-5H3,(H,24,26)/t15-,16+,18-,19-/m0/s1. The molecule has 5 nitrogen and oxygen atoms in total. The Balaban J connectivity index is 1.69. The van der Waals surface area contributed by atoms with Gasteiger partial charge in [0, 0.05) is 0 Å². The maximum Gasteiger partial charge on any atom is 0.263 e. The molecule has 2 aliphatic rings. The van der Waals surface area contributed by atoms with Crippen LogP contribution in [0.25, 0.3) is 0 Å². The maximum absolute atomic E-state index is 13.0. The predicted octanol–water partition coefficient (Wildman–Crippen LogP) is 2.75. The van der Waals surface area contributed by atoms with Crippen molar-refractivity contribution in [2.45, 2.75) is 71.1 Å². The summed E-state index contributed by atoms with van der Waals surface area (Å²) < 4.78 is 6.19. The third-order valence-corrected chi connectivity index (χ3v) is 6.06. The fraction of sp³-hybridized carbons (Fsp3) is 0.682. The number of benzene rings is 1. The lowest BCUT2D eigenvalue weighted by molar-refractivity contribution is -0.136. The summed E-state index contributed by atoms with van der Waals surface area (Å²) in [5.41, 5.74) is 1.19. The van der Waals surface area contributed by atoms with Gasteiger partial charge in [-0.1, -0.05) is 26.0 Å². The quantitative estimate of drug-likeness (QED) is 0.741. The summed E-state index contributed by atoms with van der Waals surface area (Å²) in [5, 5.41) is 16.9. The van der Waals surface area contributed by atoms with E-state index in [9.17, 15) is 9.90 Å². The van der Waals surface area contributed by atoms with Crippen LogP contribution in [0.3, 0.4) is 0 Å². The van der Waals surface area contributed by atoms with Crippen molar-refractivity contribution in [1.82, 2.24) is 10.6 Å². The number of carbonyl (C=O) groups is 1. The van der Waals surface area contributed by atoms with Gasteiger partial charge in [-0.25, -0.2) is 0 Å². The number of hydrogen-bond donors (Lipinski definition) is 3. The minimum absolute atomic E-state index is 0.174. The Morgan fingerprint density at radius 2 is 1.93 bits per heavy atom. The van der Waals surface area contributed by atoms with Crippen LogP contribution in [0, 0.1) is 18.8 Å². The van der Waals surface area contributed by atoms with E-state index in [4.69, 9.17) is 4.74 Å². The summed E-state index contributed by atoms with van der Waals surface area (Å²) in [5.74, 6) is 1.96. The van der Waals surface area contributed by atoms with Crippen molar-refractivity contribution in [3.8, 4) is 5.75 Å². The Bertz CT molecular complexity index is 686. The number of aryl methyl sites for hydroxylation is 1. The highest BCUT2D eigenvalue weighted by atomic mass is 16.5. The summed E-state index contributed by atoms with van der Waals surface area (Å²) in [7, 11) is 0. The highest BCUT2D eigenvalue weighted by molar-refractivity contribution is 5.85. The van der Waals surface area contributed by atoms with Crippen molar-refractivity contribution in [2.75, 3.05) is 13.1 Å². The second-order valence-electron chi connectivity index (χ2n) is 9.11. The minimum Gasteiger partial charge on any atom is -0.478 e. The third-order valence-electron chi connectivity index (χ3n) is 6.06. The van der Waals surface area contributed by atoms with Gasteiger partial charge in [0.1, 0.15) is 5.75 Å². The summed E-state index contributed by atoms with van der Waals surface area (Å²) in [6.07, 6.45) is 1.08. The molecule has 3 N–H and O–H groups in total. The Morgan fingerprint density at radius 3 is 2.59 bits per heavy atom. The van der Waals surface area contributed by atoms with Gasteiger partial charge in [0.25, 0.3) is 5.91 Å². The van der Waals surface area contributed by atoms with E-state index in [1.165, 1.54) is 0 Å². The molecule has 1 aromatic rings. The molecule has 5 heteroatoms. The van der Waals surface area contributed by atoms with Gasteiger partial charge in [0.05, 0.1) is 12.1 Å². The molecule has 0 spiro atoms. The first-order valence-electron chi connectivity index (χ1n) is 10.2. The van der Waals surface area contributed by atoms with Crippen LogP contribution in [0.5, 0.6) is 5.75 Å². The second-order valence-corrected chi connectivity index (χ2v) is 9.11. The van der Waals surface area contributed by atoms with Crippen LogP contribution in [0.1, 0.15) is 57.6 Å². The average Bonchev–Trinajstić information content (AvgIpc) is 3.01. The fourth-order valence-corrected chi connectivity index (χ4v) is 4.32. The first kappa shape index (κ1) is 20.2. The molecule has 4 atom stereocenters. The molecule has 1 saturated heterocycles. The van der Waals surface area contributed by atoms with Crippen molar-refractivity contribution in [1.29, 1.82) is 0 Å². The van der Waals surface area contributed by atoms with Gasteiger partial charge in [-0.15, -0.1) is 0 Å². The third kappa shape index (κ3) is 4.46. The van der Waals surface area contributed by atoms with Crippen LogP contribution in [-0.4, -0.2) is 41.9 Å². The lowest BCUT2D eigenvalue weighted by atomic mass is 9.77. The highest BCUT2D eigenvalue weighted by Gasteiger charge is 2.41. The molecule has 1 heterocycles. The Kier molecular flexibility index (Phi) is 5.82. The van der Waals surface area contributed by atoms with Crippen molar-refractivity contribution >= 4 is 5.91 Å². The number of ether oxygens (including phenoxy) is 1. The van der Waals surface area contributed by atoms with E-state index in [0.717, 1.165) is 42.8 Å². The number of nitrogens with one attached hydrogen (secondary N) is 2. The lowest BCUT2D eigenvalue weighted by Gasteiger charge is -2.37. The van der Waals surface area contributed by atoms with Crippen LogP contribution in [-0.2, 0) is 4.79 Å². The van der Waals surface area contributed by atoms with Gasteiger partial charge < -0.3 is 20.5 Å². The average molecular weight is 375 g/mol. The van der Waals surface area contributed by atoms with Crippen LogP contribution in [0.2, 0.25) is 0 Å². The Hall–Kier alpha value is -1.59. The summed E-state index contributed by atoms with van der Waals surface area (Å²) in [4.78, 5) is 13.0. The van der Waals surface area contributed by atoms with E-state index in [1.807, 2.05) is 13.0 Å². The molecule has 3 rings (SSSR count). The molecule has 0 aromatic heterocycles. The second kappa shape index (κ2) is 7.80. The molecule has 1 saturated carbocycles. The monoisotopic (exact) mass is 374 g/mol. The summed E-state index contributed by atoms with van der Waals surface area (Å²) in [6.45, 7) is 11.8. The molecule has 1 amide bonds. The number of rotatable bonds is 5. The van der Waals surface area contributed by atoms with Crippen LogP contribution >= 0.6 is 0 Å². The number of hydrogen-bond acceptors (Lipinski definition) is 4. The molecular formula is C22H34N2O3. The number of amides is 1. The summed E-state index contributed by atoms with van der Waals surface area (Å²) >= 11 is 0. The Labute approximate surface area is 162 Å².